The number of rotatable bonds is 3. The summed E-state index contributed by atoms with van der Waals surface area (Å²) < 4.78 is 26.4. The summed E-state index contributed by atoms with van der Waals surface area (Å²) in [4.78, 5) is 19.3. The van der Waals surface area contributed by atoms with Crippen LogP contribution in [0.15, 0.2) is 30.5 Å². The molecule has 1 saturated heterocycles. The lowest BCUT2D eigenvalue weighted by Crippen LogP contribution is -2.56. The molecule has 2 aliphatic heterocycles. The number of halogens is 3. The Hall–Kier alpha value is -2.75. The molecule has 31 heavy (non-hydrogen) atoms. The van der Waals surface area contributed by atoms with Gasteiger partial charge in [0.05, 0.1) is 48.2 Å². The van der Waals surface area contributed by atoms with Crippen LogP contribution in [-0.2, 0) is 11.3 Å². The number of pyridine rings is 1. The summed E-state index contributed by atoms with van der Waals surface area (Å²) in [6.07, 6.45) is 1.08. The molecular weight excluding hydrogens is 448 g/mol. The first-order valence-corrected chi connectivity index (χ1v) is 10.2. The van der Waals surface area contributed by atoms with Crippen molar-refractivity contribution < 1.29 is 18.7 Å². The van der Waals surface area contributed by atoms with E-state index in [-0.39, 0.29) is 29.3 Å². The van der Waals surface area contributed by atoms with Gasteiger partial charge in [0.25, 0.3) is 5.91 Å². The summed E-state index contributed by atoms with van der Waals surface area (Å²) >= 11 is 12.4. The van der Waals surface area contributed by atoms with Gasteiger partial charge in [0.2, 0.25) is 0 Å². The van der Waals surface area contributed by atoms with Crippen LogP contribution in [0.4, 0.5) is 4.39 Å². The third-order valence-corrected chi connectivity index (χ3v) is 6.29. The normalized spacial score (nSPS) is 19.8. The van der Waals surface area contributed by atoms with Gasteiger partial charge < -0.3 is 18.9 Å². The molecule has 0 saturated carbocycles. The maximum Gasteiger partial charge on any atom is 0.256 e. The molecule has 3 aromatic rings. The van der Waals surface area contributed by atoms with Crippen LogP contribution in [0.3, 0.4) is 0 Å². The highest BCUT2D eigenvalue weighted by molar-refractivity contribution is 6.43. The van der Waals surface area contributed by atoms with Gasteiger partial charge in [-0.15, -0.1) is 10.2 Å². The van der Waals surface area contributed by atoms with E-state index < -0.39 is 11.9 Å². The van der Waals surface area contributed by atoms with Crippen molar-refractivity contribution in [1.29, 1.82) is 0 Å². The lowest BCUT2D eigenvalue weighted by atomic mass is 10.0. The Kier molecular flexibility index (Phi) is 5.04. The second-order valence-corrected chi connectivity index (χ2v) is 8.00. The minimum absolute atomic E-state index is 0.0640. The molecule has 2 aromatic heterocycles. The monoisotopic (exact) mass is 463 g/mol. The summed E-state index contributed by atoms with van der Waals surface area (Å²) in [5.74, 6) is 0.281. The van der Waals surface area contributed by atoms with Gasteiger partial charge in [-0.05, 0) is 12.1 Å². The smallest absolute Gasteiger partial charge is 0.256 e. The highest BCUT2D eigenvalue weighted by Gasteiger charge is 2.44. The summed E-state index contributed by atoms with van der Waals surface area (Å²) in [5, 5.41) is 9.09. The molecule has 0 radical (unpaired) electrons. The second kappa shape index (κ2) is 7.74. The van der Waals surface area contributed by atoms with Crippen molar-refractivity contribution in [2.75, 3.05) is 20.3 Å². The number of hydrogen-bond donors (Lipinski definition) is 0. The molecule has 0 spiro atoms. The number of methoxy groups -OCH3 is 1. The maximum absolute atomic E-state index is 13.8. The zero-order valence-electron chi connectivity index (χ0n) is 16.3. The predicted octanol–water partition coefficient (Wildman–Crippen LogP) is 3.39. The lowest BCUT2D eigenvalue weighted by molar-refractivity contribution is -0.0569. The van der Waals surface area contributed by atoms with Crippen LogP contribution in [-0.4, -0.2) is 56.9 Å². The zero-order valence-corrected chi connectivity index (χ0v) is 17.8. The molecule has 2 atom stereocenters. The number of ether oxygens (including phenoxy) is 2. The third-order valence-electron chi connectivity index (χ3n) is 5.47. The van der Waals surface area contributed by atoms with E-state index >= 15 is 0 Å². The molecule has 1 aromatic carbocycles. The van der Waals surface area contributed by atoms with E-state index in [2.05, 4.69) is 15.2 Å². The molecule has 11 heteroatoms. The van der Waals surface area contributed by atoms with E-state index in [4.69, 9.17) is 32.7 Å². The molecule has 1 amide bonds. The van der Waals surface area contributed by atoms with Crippen molar-refractivity contribution in [3.8, 4) is 17.3 Å². The first kappa shape index (κ1) is 20.2. The fourth-order valence-corrected chi connectivity index (χ4v) is 4.41. The first-order valence-electron chi connectivity index (χ1n) is 9.47. The number of carbonyl (C=O) groups excluding carboxylic acids is 1. The molecule has 8 nitrogen and oxygen atoms in total. The number of hydrogen-bond acceptors (Lipinski definition) is 6. The topological polar surface area (TPSA) is 82.4 Å². The minimum atomic E-state index is -0.565. The molecule has 2 aliphatic rings. The van der Waals surface area contributed by atoms with Crippen LogP contribution >= 0.6 is 23.2 Å². The highest BCUT2D eigenvalue weighted by atomic mass is 35.5. The Bertz CT molecular complexity index is 1190. The molecule has 160 valence electrons. The van der Waals surface area contributed by atoms with E-state index in [9.17, 15) is 9.18 Å². The quantitative estimate of drug-likeness (QED) is 0.591. The Labute approximate surface area is 186 Å². The zero-order chi connectivity index (χ0) is 21.7. The number of nitrogens with zero attached hydrogens (tertiary/aromatic N) is 5. The Balaban J connectivity index is 1.55. The van der Waals surface area contributed by atoms with Crippen molar-refractivity contribution in [1.82, 2.24) is 24.6 Å². The molecule has 2 bridgehead atoms. The predicted molar refractivity (Wildman–Crippen MR) is 110 cm³/mol. The van der Waals surface area contributed by atoms with Gasteiger partial charge >= 0.3 is 0 Å². The largest absolute Gasteiger partial charge is 0.494 e. The lowest BCUT2D eigenvalue weighted by Gasteiger charge is -2.45. The fourth-order valence-electron chi connectivity index (χ4n) is 4.03. The molecule has 5 rings (SSSR count). The van der Waals surface area contributed by atoms with Crippen molar-refractivity contribution in [2.24, 2.45) is 0 Å². The SMILES string of the molecule is COc1cc(-c2nnc3n2CC2COCC3N2C(=O)c2cccc(Cl)c2Cl)ncc1F. The van der Waals surface area contributed by atoms with Crippen molar-refractivity contribution in [3.05, 3.63) is 57.7 Å². The van der Waals surface area contributed by atoms with Crippen molar-refractivity contribution in [3.63, 3.8) is 0 Å². The number of fused-ring (bicyclic) bond motifs is 4. The van der Waals surface area contributed by atoms with Gasteiger partial charge in [-0.3, -0.25) is 4.79 Å². The van der Waals surface area contributed by atoms with Crippen LogP contribution in [0, 0.1) is 5.82 Å². The average Bonchev–Trinajstić information content (AvgIpc) is 3.18. The van der Waals surface area contributed by atoms with Gasteiger partial charge in [0.15, 0.2) is 23.2 Å². The van der Waals surface area contributed by atoms with Gasteiger partial charge in [0.1, 0.15) is 11.7 Å². The molecular formula is C20H16Cl2FN5O3. The molecule has 4 heterocycles. The van der Waals surface area contributed by atoms with Gasteiger partial charge in [-0.2, -0.15) is 0 Å². The van der Waals surface area contributed by atoms with E-state index in [0.29, 0.717) is 41.1 Å². The van der Waals surface area contributed by atoms with Gasteiger partial charge in [0, 0.05) is 12.6 Å². The number of benzene rings is 1. The van der Waals surface area contributed by atoms with E-state index in [1.165, 1.54) is 13.2 Å². The molecule has 1 fully saturated rings. The summed E-state index contributed by atoms with van der Waals surface area (Å²) in [7, 11) is 1.38. The third kappa shape index (κ3) is 3.24. The average molecular weight is 464 g/mol. The van der Waals surface area contributed by atoms with Crippen LogP contribution < -0.4 is 4.74 Å². The van der Waals surface area contributed by atoms with Crippen molar-refractivity contribution >= 4 is 29.1 Å². The fraction of sp³-hybridized carbons (Fsp3) is 0.300. The Morgan fingerprint density at radius 2 is 2.13 bits per heavy atom. The van der Waals surface area contributed by atoms with Crippen LogP contribution in [0.1, 0.15) is 22.2 Å². The molecule has 0 aliphatic carbocycles. The standard InChI is InChI=1S/C20H16Cl2FN5O3/c1-30-16-5-14(24-6-13(16)23)18-25-26-19-15-9-31-8-10(7-27(18)19)28(15)20(29)11-3-2-4-12(21)17(11)22/h2-6,10,15H,7-9H2,1H3. The van der Waals surface area contributed by atoms with Crippen LogP contribution in [0.5, 0.6) is 5.75 Å². The summed E-state index contributed by atoms with van der Waals surface area (Å²) in [6, 6.07) is 5.71. The Morgan fingerprint density at radius 3 is 2.94 bits per heavy atom. The minimum Gasteiger partial charge on any atom is -0.494 e. The summed E-state index contributed by atoms with van der Waals surface area (Å²) in [6.45, 7) is 0.996. The Morgan fingerprint density at radius 1 is 1.29 bits per heavy atom. The molecule has 2 unspecified atom stereocenters. The summed E-state index contributed by atoms with van der Waals surface area (Å²) in [5.41, 5.74) is 0.748. The van der Waals surface area contributed by atoms with Crippen LogP contribution in [0.2, 0.25) is 10.0 Å². The van der Waals surface area contributed by atoms with E-state index in [1.807, 2.05) is 4.57 Å². The second-order valence-electron chi connectivity index (χ2n) is 7.22. The maximum atomic E-state index is 13.8. The number of aromatic nitrogens is 4. The van der Waals surface area contributed by atoms with Gasteiger partial charge in [-0.25, -0.2) is 9.37 Å². The highest BCUT2D eigenvalue weighted by Crippen LogP contribution is 2.37. The molecule has 0 N–H and O–H groups in total. The first-order chi connectivity index (χ1) is 15.0. The van der Waals surface area contributed by atoms with E-state index in [1.54, 1.807) is 23.1 Å². The number of carbonyl (C=O) groups is 1. The van der Waals surface area contributed by atoms with Crippen LogP contribution in [0.25, 0.3) is 11.5 Å². The van der Waals surface area contributed by atoms with Gasteiger partial charge in [-0.1, -0.05) is 29.3 Å². The number of morpholine rings is 1. The van der Waals surface area contributed by atoms with E-state index in [0.717, 1.165) is 6.20 Å². The van der Waals surface area contributed by atoms with Crippen molar-refractivity contribution in [2.45, 2.75) is 18.6 Å². The number of amides is 1.